The highest BCUT2D eigenvalue weighted by atomic mass is 35.5. The van der Waals surface area contributed by atoms with Gasteiger partial charge in [0.05, 0.1) is 9.90 Å². The molecule has 0 fully saturated rings. The van der Waals surface area contributed by atoms with Crippen molar-refractivity contribution in [3.8, 4) is 0 Å². The molecule has 0 atom stereocenters. The number of ketones is 1. The first-order valence-electron chi connectivity index (χ1n) is 6.98. The van der Waals surface area contributed by atoms with Crippen molar-refractivity contribution >= 4 is 39.5 Å². The third-order valence-electron chi connectivity index (χ3n) is 4.23. The Labute approximate surface area is 132 Å². The molecule has 0 spiro atoms. The lowest BCUT2D eigenvalue weighted by atomic mass is 9.97. The Bertz CT molecular complexity index is 881. The molecule has 0 unspecified atom stereocenters. The first kappa shape index (κ1) is 13.1. The van der Waals surface area contributed by atoms with Crippen LogP contribution in [0.25, 0.3) is 10.8 Å². The molecule has 21 heavy (non-hydrogen) atoms. The molecule has 0 N–H and O–H groups in total. The van der Waals surface area contributed by atoms with Crippen LogP contribution in [0.3, 0.4) is 0 Å². The zero-order chi connectivity index (χ0) is 14.6. The van der Waals surface area contributed by atoms with Crippen LogP contribution in [0, 0.1) is 6.92 Å². The van der Waals surface area contributed by atoms with Gasteiger partial charge in [-0.25, -0.2) is 0 Å². The van der Waals surface area contributed by atoms with E-state index < -0.39 is 0 Å². The Morgan fingerprint density at radius 3 is 2.62 bits per heavy atom. The first-order chi connectivity index (χ1) is 10.2. The van der Waals surface area contributed by atoms with Crippen molar-refractivity contribution in [1.29, 1.82) is 0 Å². The Morgan fingerprint density at radius 1 is 1.14 bits per heavy atom. The van der Waals surface area contributed by atoms with Crippen molar-refractivity contribution < 1.29 is 4.79 Å². The van der Waals surface area contributed by atoms with Crippen molar-refractivity contribution in [1.82, 2.24) is 0 Å². The normalized spacial score (nSPS) is 13.0. The van der Waals surface area contributed by atoms with Crippen molar-refractivity contribution in [2.45, 2.75) is 19.8 Å². The van der Waals surface area contributed by atoms with E-state index in [2.05, 4.69) is 18.2 Å². The third kappa shape index (κ3) is 1.86. The molecule has 0 aliphatic heterocycles. The van der Waals surface area contributed by atoms with Gasteiger partial charge in [-0.3, -0.25) is 4.79 Å². The molecule has 1 heterocycles. The van der Waals surface area contributed by atoms with E-state index in [9.17, 15) is 4.79 Å². The predicted molar refractivity (Wildman–Crippen MR) is 88.9 cm³/mol. The summed E-state index contributed by atoms with van der Waals surface area (Å²) in [5.41, 5.74) is 4.44. The molecule has 1 aliphatic rings. The third-order valence-corrected chi connectivity index (χ3v) is 5.92. The van der Waals surface area contributed by atoms with Crippen molar-refractivity contribution in [3.05, 3.63) is 67.9 Å². The smallest absolute Gasteiger partial charge is 0.205 e. The van der Waals surface area contributed by atoms with Gasteiger partial charge in [0.1, 0.15) is 0 Å². The minimum atomic E-state index is 0.0358. The second-order valence-electron chi connectivity index (χ2n) is 5.50. The summed E-state index contributed by atoms with van der Waals surface area (Å²) < 4.78 is 0. The standard InChI is InChI=1S/C18H13ClOS/c1-10-9-21-18(16(10)19)17(20)14-8-7-12-6-5-11-3-2-4-13(14)15(11)12/h2-4,7-9H,5-6H2,1H3. The Kier molecular flexibility index (Phi) is 2.91. The van der Waals surface area contributed by atoms with Crippen LogP contribution >= 0.6 is 22.9 Å². The fourth-order valence-electron chi connectivity index (χ4n) is 3.15. The average molecular weight is 313 g/mol. The molecule has 104 valence electrons. The summed E-state index contributed by atoms with van der Waals surface area (Å²) in [6.07, 6.45) is 2.15. The molecular weight excluding hydrogens is 300 g/mol. The van der Waals surface area contributed by atoms with Gasteiger partial charge in [0.25, 0.3) is 0 Å². The number of hydrogen-bond donors (Lipinski definition) is 0. The van der Waals surface area contributed by atoms with Crippen LogP contribution < -0.4 is 0 Å². The van der Waals surface area contributed by atoms with Gasteiger partial charge in [-0.05, 0) is 52.6 Å². The fourth-order valence-corrected chi connectivity index (χ4v) is 4.38. The zero-order valence-corrected chi connectivity index (χ0v) is 13.1. The number of carbonyl (C=O) groups is 1. The zero-order valence-electron chi connectivity index (χ0n) is 11.6. The summed E-state index contributed by atoms with van der Waals surface area (Å²) in [5, 5.41) is 4.87. The van der Waals surface area contributed by atoms with Crippen molar-refractivity contribution in [2.24, 2.45) is 0 Å². The van der Waals surface area contributed by atoms with E-state index in [1.807, 2.05) is 24.4 Å². The summed E-state index contributed by atoms with van der Waals surface area (Å²) in [7, 11) is 0. The number of rotatable bonds is 2. The number of carbonyl (C=O) groups excluding carboxylic acids is 1. The van der Waals surface area contributed by atoms with Crippen LogP contribution in [0.5, 0.6) is 0 Å². The van der Waals surface area contributed by atoms with E-state index in [1.165, 1.54) is 27.8 Å². The fraction of sp³-hybridized carbons (Fsp3) is 0.167. The SMILES string of the molecule is Cc1csc(C(=O)c2ccc3c4c(cccc24)CC3)c1Cl. The summed E-state index contributed by atoms with van der Waals surface area (Å²) in [5.74, 6) is 0.0358. The van der Waals surface area contributed by atoms with E-state index >= 15 is 0 Å². The number of hydrogen-bond acceptors (Lipinski definition) is 2. The maximum Gasteiger partial charge on any atom is 0.205 e. The minimum absolute atomic E-state index is 0.0358. The van der Waals surface area contributed by atoms with Crippen molar-refractivity contribution in [3.63, 3.8) is 0 Å². The monoisotopic (exact) mass is 312 g/mol. The molecule has 0 radical (unpaired) electrons. The molecule has 0 saturated heterocycles. The maximum atomic E-state index is 12.9. The molecule has 3 aromatic rings. The van der Waals surface area contributed by atoms with Gasteiger partial charge in [0.15, 0.2) is 0 Å². The summed E-state index contributed by atoms with van der Waals surface area (Å²) in [4.78, 5) is 13.5. The van der Waals surface area contributed by atoms with E-state index in [0.717, 1.165) is 29.4 Å². The van der Waals surface area contributed by atoms with Crippen LogP contribution in [0.2, 0.25) is 5.02 Å². The first-order valence-corrected chi connectivity index (χ1v) is 8.24. The van der Waals surface area contributed by atoms with Crippen LogP contribution in [-0.2, 0) is 12.8 Å². The van der Waals surface area contributed by atoms with Crippen molar-refractivity contribution in [2.75, 3.05) is 0 Å². The van der Waals surface area contributed by atoms with Gasteiger partial charge in [0, 0.05) is 5.56 Å². The molecule has 1 aromatic heterocycles. The van der Waals surface area contributed by atoms with Crippen LogP contribution in [0.4, 0.5) is 0 Å². The lowest BCUT2D eigenvalue weighted by Crippen LogP contribution is -2.01. The molecule has 0 amide bonds. The van der Waals surface area contributed by atoms with E-state index in [4.69, 9.17) is 11.6 Å². The molecule has 3 heteroatoms. The highest BCUT2D eigenvalue weighted by molar-refractivity contribution is 7.13. The number of aryl methyl sites for hydroxylation is 3. The predicted octanol–water partition coefficient (Wildman–Crippen LogP) is 5.19. The molecule has 0 bridgehead atoms. The lowest BCUT2D eigenvalue weighted by Gasteiger charge is -2.07. The quantitative estimate of drug-likeness (QED) is 0.595. The molecule has 0 saturated carbocycles. The van der Waals surface area contributed by atoms with Crippen LogP contribution in [-0.4, -0.2) is 5.78 Å². The van der Waals surface area contributed by atoms with Crippen LogP contribution in [0.1, 0.15) is 31.9 Å². The topological polar surface area (TPSA) is 17.1 Å². The molecular formula is C18H13ClOS. The second kappa shape index (κ2) is 4.69. The summed E-state index contributed by atoms with van der Waals surface area (Å²) in [6, 6.07) is 10.3. The van der Waals surface area contributed by atoms with Crippen LogP contribution in [0.15, 0.2) is 35.7 Å². The molecule has 1 aliphatic carbocycles. The molecule has 4 rings (SSSR count). The molecule has 2 aromatic carbocycles. The van der Waals surface area contributed by atoms with Gasteiger partial charge in [0.2, 0.25) is 5.78 Å². The Balaban J connectivity index is 1.96. The number of benzene rings is 2. The van der Waals surface area contributed by atoms with Gasteiger partial charge in [-0.15, -0.1) is 11.3 Å². The number of halogens is 1. The van der Waals surface area contributed by atoms with E-state index in [1.54, 1.807) is 0 Å². The average Bonchev–Trinajstić information content (AvgIpc) is 3.06. The summed E-state index contributed by atoms with van der Waals surface area (Å²) >= 11 is 7.70. The second-order valence-corrected chi connectivity index (χ2v) is 6.76. The molecule has 1 nitrogen and oxygen atoms in total. The number of thiophene rings is 1. The van der Waals surface area contributed by atoms with Gasteiger partial charge in [-0.2, -0.15) is 0 Å². The van der Waals surface area contributed by atoms with E-state index in [0.29, 0.717) is 9.90 Å². The lowest BCUT2D eigenvalue weighted by molar-refractivity contribution is 0.104. The highest BCUT2D eigenvalue weighted by Gasteiger charge is 2.22. The van der Waals surface area contributed by atoms with Gasteiger partial charge < -0.3 is 0 Å². The maximum absolute atomic E-state index is 12.9. The Morgan fingerprint density at radius 2 is 1.90 bits per heavy atom. The summed E-state index contributed by atoms with van der Waals surface area (Å²) in [6.45, 7) is 1.93. The largest absolute Gasteiger partial charge is 0.288 e. The minimum Gasteiger partial charge on any atom is -0.288 e. The van der Waals surface area contributed by atoms with E-state index in [-0.39, 0.29) is 5.78 Å². The Hall–Kier alpha value is -1.64. The van der Waals surface area contributed by atoms with Gasteiger partial charge in [-0.1, -0.05) is 41.9 Å². The van der Waals surface area contributed by atoms with Gasteiger partial charge >= 0.3 is 0 Å². The highest BCUT2D eigenvalue weighted by Crippen LogP contribution is 2.36.